The highest BCUT2D eigenvalue weighted by atomic mass is 16.1. The number of nitrogens with zero attached hydrogens (tertiary/aromatic N) is 1. The van der Waals surface area contributed by atoms with Crippen LogP contribution >= 0.6 is 0 Å². The summed E-state index contributed by atoms with van der Waals surface area (Å²) in [6.07, 6.45) is 2.55. The normalized spacial score (nSPS) is 16.5. The maximum atomic E-state index is 12.7. The van der Waals surface area contributed by atoms with Crippen LogP contribution in [0, 0.1) is 11.3 Å². The van der Waals surface area contributed by atoms with Crippen LogP contribution in [0.3, 0.4) is 0 Å². The van der Waals surface area contributed by atoms with E-state index < -0.39 is 0 Å². The number of carbonyl (C=O) groups excluding carboxylic acids is 1. The summed E-state index contributed by atoms with van der Waals surface area (Å²) in [5.41, 5.74) is 5.11. The maximum Gasteiger partial charge on any atom is 0.187 e. The summed E-state index contributed by atoms with van der Waals surface area (Å²) in [7, 11) is 1.88. The van der Waals surface area contributed by atoms with Crippen molar-refractivity contribution in [3.05, 3.63) is 70.8 Å². The minimum absolute atomic E-state index is 0.0782. The first-order valence-corrected chi connectivity index (χ1v) is 8.27. The van der Waals surface area contributed by atoms with Crippen LogP contribution in [0.5, 0.6) is 0 Å². The van der Waals surface area contributed by atoms with Gasteiger partial charge in [0.15, 0.2) is 5.78 Å². The maximum absolute atomic E-state index is 12.7. The number of nitrogens with one attached hydrogen (secondary N) is 2. The molecule has 0 unspecified atom stereocenters. The van der Waals surface area contributed by atoms with Gasteiger partial charge in [-0.3, -0.25) is 4.79 Å². The first-order chi connectivity index (χ1) is 11.9. The molecule has 0 amide bonds. The van der Waals surface area contributed by atoms with Crippen LogP contribution in [-0.2, 0) is 6.42 Å². The van der Waals surface area contributed by atoms with Gasteiger partial charge in [0.05, 0.1) is 11.6 Å². The Morgan fingerprint density at radius 1 is 1.24 bits per heavy atom. The number of fused-ring (bicyclic) bond motifs is 1. The van der Waals surface area contributed by atoms with Crippen LogP contribution in [0.25, 0.3) is 5.70 Å². The van der Waals surface area contributed by atoms with E-state index >= 15 is 0 Å². The summed E-state index contributed by atoms with van der Waals surface area (Å²) in [5, 5.41) is 15.5. The topological polar surface area (TPSA) is 64.9 Å². The Bertz CT molecular complexity index is 886. The lowest BCUT2D eigenvalue weighted by Crippen LogP contribution is -2.43. The second-order valence-electron chi connectivity index (χ2n) is 6.92. The molecule has 3 rings (SSSR count). The molecular weight excluding hydrogens is 310 g/mol. The lowest BCUT2D eigenvalue weighted by molar-refractivity contribution is 0.104. The third kappa shape index (κ3) is 3.56. The first kappa shape index (κ1) is 16.8. The predicted molar refractivity (Wildman–Crippen MR) is 100 cm³/mol. The number of nitriles is 1. The van der Waals surface area contributed by atoms with Crippen molar-refractivity contribution in [1.29, 1.82) is 5.26 Å². The Kier molecular flexibility index (Phi) is 4.33. The number of hydrogen-bond acceptors (Lipinski definition) is 4. The summed E-state index contributed by atoms with van der Waals surface area (Å²) >= 11 is 0. The van der Waals surface area contributed by atoms with Gasteiger partial charge in [0.25, 0.3) is 0 Å². The van der Waals surface area contributed by atoms with Crippen molar-refractivity contribution < 1.29 is 4.79 Å². The second-order valence-corrected chi connectivity index (χ2v) is 6.92. The van der Waals surface area contributed by atoms with E-state index in [1.807, 2.05) is 7.05 Å². The summed E-state index contributed by atoms with van der Waals surface area (Å²) in [4.78, 5) is 12.7. The van der Waals surface area contributed by atoms with Crippen LogP contribution in [0.1, 0.15) is 40.9 Å². The number of anilines is 1. The van der Waals surface area contributed by atoms with Crippen molar-refractivity contribution in [2.45, 2.75) is 25.8 Å². The van der Waals surface area contributed by atoms with Crippen molar-refractivity contribution in [3.63, 3.8) is 0 Å². The van der Waals surface area contributed by atoms with E-state index in [0.29, 0.717) is 11.1 Å². The van der Waals surface area contributed by atoms with Crippen LogP contribution in [0.4, 0.5) is 5.69 Å². The molecule has 4 heteroatoms. The van der Waals surface area contributed by atoms with Gasteiger partial charge in [-0.15, -0.1) is 0 Å². The van der Waals surface area contributed by atoms with Gasteiger partial charge in [-0.2, -0.15) is 5.26 Å². The molecule has 0 bridgehead atoms. The fourth-order valence-corrected chi connectivity index (χ4v) is 3.13. The van der Waals surface area contributed by atoms with Crippen LogP contribution in [0.2, 0.25) is 0 Å². The molecule has 0 radical (unpaired) electrons. The van der Waals surface area contributed by atoms with Crippen molar-refractivity contribution in [1.82, 2.24) is 5.32 Å². The lowest BCUT2D eigenvalue weighted by Gasteiger charge is -2.35. The van der Waals surface area contributed by atoms with Gasteiger partial charge in [-0.05, 0) is 62.2 Å². The summed E-state index contributed by atoms with van der Waals surface area (Å²) in [6, 6.07) is 15.0. The number of hydrogen-bond donors (Lipinski definition) is 2. The van der Waals surface area contributed by atoms with E-state index in [1.54, 1.807) is 30.3 Å². The Morgan fingerprint density at radius 2 is 1.96 bits per heavy atom. The minimum atomic E-state index is -0.120. The molecule has 0 aliphatic carbocycles. The number of ketones is 1. The van der Waals surface area contributed by atoms with Gasteiger partial charge >= 0.3 is 0 Å². The van der Waals surface area contributed by atoms with Crippen molar-refractivity contribution in [3.8, 4) is 6.07 Å². The standard InChI is InChI=1S/C21H21N3O/c1-21(2)12-16-8-9-17(23-3)10-18(16)19(24-21)11-20(25)15-6-4-14(13-22)5-7-15/h4-11,23-24H,12H2,1-3H3. The molecule has 0 saturated carbocycles. The molecule has 1 aliphatic heterocycles. The summed E-state index contributed by atoms with van der Waals surface area (Å²) in [5.74, 6) is -0.0782. The van der Waals surface area contributed by atoms with E-state index in [9.17, 15) is 4.79 Å². The van der Waals surface area contributed by atoms with Crippen LogP contribution in [-0.4, -0.2) is 18.4 Å². The molecule has 0 saturated heterocycles. The highest BCUT2D eigenvalue weighted by Crippen LogP contribution is 2.31. The summed E-state index contributed by atoms with van der Waals surface area (Å²) in [6.45, 7) is 4.25. The third-order valence-electron chi connectivity index (χ3n) is 4.37. The minimum Gasteiger partial charge on any atom is -0.388 e. The molecular formula is C21H21N3O. The quantitative estimate of drug-likeness (QED) is 0.664. The van der Waals surface area contributed by atoms with E-state index in [0.717, 1.165) is 23.4 Å². The van der Waals surface area contributed by atoms with E-state index in [4.69, 9.17) is 5.26 Å². The molecule has 0 spiro atoms. The van der Waals surface area contributed by atoms with Gasteiger partial charge in [0, 0.05) is 41.2 Å². The molecule has 2 aromatic rings. The van der Waals surface area contributed by atoms with Crippen LogP contribution < -0.4 is 10.6 Å². The SMILES string of the molecule is CNc1ccc2c(c1)C(=CC(=O)c1ccc(C#N)cc1)NC(C)(C)C2. The predicted octanol–water partition coefficient (Wildman–Crippen LogP) is 3.75. The van der Waals surface area contributed by atoms with E-state index in [2.05, 4.69) is 48.7 Å². The number of carbonyl (C=O) groups is 1. The molecule has 2 N–H and O–H groups in total. The zero-order chi connectivity index (χ0) is 18.0. The number of benzene rings is 2. The highest BCUT2D eigenvalue weighted by molar-refractivity contribution is 6.08. The average molecular weight is 331 g/mol. The Labute approximate surface area is 148 Å². The number of allylic oxidation sites excluding steroid dienone is 1. The van der Waals surface area contributed by atoms with Crippen molar-refractivity contribution in [2.75, 3.05) is 12.4 Å². The molecule has 0 atom stereocenters. The zero-order valence-electron chi connectivity index (χ0n) is 14.7. The molecule has 1 heterocycles. The van der Waals surface area contributed by atoms with Gasteiger partial charge in [0.1, 0.15) is 0 Å². The first-order valence-electron chi connectivity index (χ1n) is 8.27. The van der Waals surface area contributed by atoms with Crippen molar-refractivity contribution >= 4 is 17.2 Å². The van der Waals surface area contributed by atoms with Crippen molar-refractivity contribution in [2.24, 2.45) is 0 Å². The fourth-order valence-electron chi connectivity index (χ4n) is 3.13. The molecule has 126 valence electrons. The average Bonchev–Trinajstić information content (AvgIpc) is 2.60. The molecule has 4 nitrogen and oxygen atoms in total. The Hall–Kier alpha value is -3.06. The fraction of sp³-hybridized carbons (Fsp3) is 0.238. The number of rotatable bonds is 3. The Morgan fingerprint density at radius 3 is 2.60 bits per heavy atom. The smallest absolute Gasteiger partial charge is 0.187 e. The van der Waals surface area contributed by atoms with Gasteiger partial charge in [-0.1, -0.05) is 6.07 Å². The molecule has 25 heavy (non-hydrogen) atoms. The highest BCUT2D eigenvalue weighted by Gasteiger charge is 2.28. The molecule has 0 aromatic heterocycles. The second kappa shape index (κ2) is 6.45. The largest absolute Gasteiger partial charge is 0.388 e. The third-order valence-corrected chi connectivity index (χ3v) is 4.37. The summed E-state index contributed by atoms with van der Waals surface area (Å²) < 4.78 is 0. The lowest BCUT2D eigenvalue weighted by atomic mass is 9.85. The monoisotopic (exact) mass is 331 g/mol. The van der Waals surface area contributed by atoms with Gasteiger partial charge in [-0.25, -0.2) is 0 Å². The molecule has 1 aliphatic rings. The van der Waals surface area contributed by atoms with E-state index in [1.165, 1.54) is 5.56 Å². The zero-order valence-corrected chi connectivity index (χ0v) is 14.7. The van der Waals surface area contributed by atoms with Gasteiger partial charge in [0.2, 0.25) is 0 Å². The van der Waals surface area contributed by atoms with E-state index in [-0.39, 0.29) is 11.3 Å². The molecule has 0 fully saturated rings. The Balaban J connectivity index is 2.01. The van der Waals surface area contributed by atoms with Crippen LogP contribution in [0.15, 0.2) is 48.5 Å². The molecule has 2 aromatic carbocycles. The van der Waals surface area contributed by atoms with Gasteiger partial charge < -0.3 is 10.6 Å².